The van der Waals surface area contributed by atoms with Crippen molar-refractivity contribution >= 4 is 11.9 Å². The number of β-amino-alcohol motifs (C(OH)–C–C–N with tert-alkyl or cyclic N) is 1. The molecule has 6 rings (SSSR count). The van der Waals surface area contributed by atoms with Crippen molar-refractivity contribution in [2.45, 2.75) is 125 Å². The van der Waals surface area contributed by atoms with Crippen LogP contribution in [0.15, 0.2) is 11.6 Å². The van der Waals surface area contributed by atoms with E-state index in [9.17, 15) is 15.0 Å². The quantitative estimate of drug-likeness (QED) is 0.209. The zero-order valence-electron chi connectivity index (χ0n) is 32.5. The van der Waals surface area contributed by atoms with Crippen molar-refractivity contribution in [3.05, 3.63) is 11.6 Å². The van der Waals surface area contributed by atoms with Crippen LogP contribution in [0.1, 0.15) is 114 Å². The molecule has 2 heterocycles. The Balaban J connectivity index is 1.42. The third-order valence-corrected chi connectivity index (χ3v) is 16.3. The third kappa shape index (κ3) is 5.32. The fourth-order valence-electron chi connectivity index (χ4n) is 12.5. The van der Waals surface area contributed by atoms with Crippen LogP contribution in [-0.2, 0) is 14.3 Å². The molecule has 2 bridgehead atoms. The minimum atomic E-state index is -0.639. The van der Waals surface area contributed by atoms with Crippen molar-refractivity contribution in [2.75, 3.05) is 38.7 Å². The first-order chi connectivity index (χ1) is 23.3. The summed E-state index contributed by atoms with van der Waals surface area (Å²) < 4.78 is 13.8. The minimum absolute atomic E-state index is 0.0596. The van der Waals surface area contributed by atoms with Gasteiger partial charge in [-0.3, -0.25) is 4.79 Å². The summed E-state index contributed by atoms with van der Waals surface area (Å²) >= 11 is 0. The molecule has 5 aliphatic rings. The van der Waals surface area contributed by atoms with Crippen LogP contribution in [0.25, 0.3) is 0 Å². The Bertz CT molecular complexity index is 1470. The summed E-state index contributed by atoms with van der Waals surface area (Å²) in [7, 11) is 0. The molecule has 4 fully saturated rings. The van der Waals surface area contributed by atoms with E-state index in [2.05, 4.69) is 96.0 Å². The van der Waals surface area contributed by atoms with Crippen molar-refractivity contribution in [2.24, 2.45) is 62.6 Å². The maximum Gasteiger partial charge on any atom is 0.307 e. The van der Waals surface area contributed by atoms with Gasteiger partial charge in [-0.2, -0.15) is 4.80 Å². The van der Waals surface area contributed by atoms with Gasteiger partial charge in [-0.1, -0.05) is 79.1 Å². The van der Waals surface area contributed by atoms with Gasteiger partial charge in [0.25, 0.3) is 5.95 Å². The Morgan fingerprint density at radius 3 is 2.46 bits per heavy atom. The summed E-state index contributed by atoms with van der Waals surface area (Å²) in [6.07, 6.45) is 7.73. The Labute approximate surface area is 299 Å². The molecule has 12 atom stereocenters. The molecule has 5 N–H and O–H groups in total. The standard InChI is InChI=1S/C39H66N6O5/c1-23(2)25(5)34(6)15-16-36(8)26-11-12-29-35(7)20-49-22-39(29,27(26)13-14-37(36,9)30(34)32(47)48)19-28(45-43-33(40)42-44-45)31(35)50-21-38(10,24(3)4)41-17-18-46/h13,23-26,28-31,41,46H,11-12,14-22H2,1-10H3,(H2,40,43)(H,47,48)/t25-,26+,28-,29+,30-,31+,34-,35-,36-,37+,38+,39+/m1/s1. The number of nitrogen functional groups attached to an aromatic ring is 1. The lowest BCUT2D eigenvalue weighted by atomic mass is 9.34. The van der Waals surface area contributed by atoms with E-state index in [0.717, 1.165) is 38.5 Å². The van der Waals surface area contributed by atoms with E-state index >= 15 is 0 Å². The largest absolute Gasteiger partial charge is 0.481 e. The predicted molar refractivity (Wildman–Crippen MR) is 193 cm³/mol. The van der Waals surface area contributed by atoms with Gasteiger partial charge in [0.15, 0.2) is 0 Å². The molecule has 0 aromatic carbocycles. The van der Waals surface area contributed by atoms with Gasteiger partial charge < -0.3 is 30.7 Å². The number of aromatic nitrogens is 4. The van der Waals surface area contributed by atoms with Crippen LogP contribution in [0, 0.1) is 62.6 Å². The highest BCUT2D eigenvalue weighted by atomic mass is 16.5. The number of rotatable bonds is 11. The molecule has 11 nitrogen and oxygen atoms in total. The first-order valence-corrected chi connectivity index (χ1v) is 19.4. The predicted octanol–water partition coefficient (Wildman–Crippen LogP) is 5.77. The minimum Gasteiger partial charge on any atom is -0.481 e. The molecular weight excluding hydrogens is 632 g/mol. The second kappa shape index (κ2) is 12.8. The van der Waals surface area contributed by atoms with Crippen LogP contribution in [0.4, 0.5) is 5.95 Å². The molecule has 0 unspecified atom stereocenters. The molecule has 11 heteroatoms. The molecule has 282 valence electrons. The van der Waals surface area contributed by atoms with E-state index in [1.54, 1.807) is 4.80 Å². The SMILES string of the molecule is CC(C)[C@@H](C)[C@@]1(C)CC[C@]2(C)[C@H]3CC[C@@H]4[C@@]5(COC[C@@]4(C)[C@@H](OC[C@](C)(NCCO)C(C)C)[C@H](n4nnc(N)n4)C5)C3=CC[C@@]2(C)[C@@H]1C(=O)O. The number of aliphatic hydroxyl groups excluding tert-OH is 1. The summed E-state index contributed by atoms with van der Waals surface area (Å²) in [6, 6.07) is -0.215. The summed E-state index contributed by atoms with van der Waals surface area (Å²) in [5, 5.41) is 37.4. The Hall–Kier alpha value is -2.08. The smallest absolute Gasteiger partial charge is 0.307 e. The van der Waals surface area contributed by atoms with Crippen LogP contribution in [0.5, 0.6) is 0 Å². The highest BCUT2D eigenvalue weighted by Crippen LogP contribution is 2.75. The van der Waals surface area contributed by atoms with E-state index in [1.807, 2.05) is 0 Å². The van der Waals surface area contributed by atoms with Crippen molar-refractivity contribution < 1.29 is 24.5 Å². The van der Waals surface area contributed by atoms with Gasteiger partial charge in [-0.05, 0) is 96.5 Å². The molecule has 50 heavy (non-hydrogen) atoms. The summed E-state index contributed by atoms with van der Waals surface area (Å²) in [5.41, 5.74) is 5.79. The topological polar surface area (TPSA) is 158 Å². The lowest BCUT2D eigenvalue weighted by molar-refractivity contribution is -0.254. The monoisotopic (exact) mass is 699 g/mol. The summed E-state index contributed by atoms with van der Waals surface area (Å²) in [5.74, 6) is 0.639. The number of carbonyl (C=O) groups is 1. The van der Waals surface area contributed by atoms with E-state index in [0.29, 0.717) is 44.1 Å². The van der Waals surface area contributed by atoms with Gasteiger partial charge in [-0.25, -0.2) is 0 Å². The molecule has 0 spiro atoms. The number of ether oxygens (including phenoxy) is 2. The molecule has 1 aliphatic heterocycles. The van der Waals surface area contributed by atoms with E-state index in [4.69, 9.17) is 15.2 Å². The Morgan fingerprint density at radius 1 is 1.14 bits per heavy atom. The van der Waals surface area contributed by atoms with E-state index in [-0.39, 0.29) is 69.2 Å². The summed E-state index contributed by atoms with van der Waals surface area (Å²) in [4.78, 5) is 15.2. The molecule has 1 saturated heterocycles. The number of hydrogen-bond acceptors (Lipinski definition) is 9. The lowest BCUT2D eigenvalue weighted by Gasteiger charge is -2.71. The van der Waals surface area contributed by atoms with Crippen LogP contribution >= 0.6 is 0 Å². The number of anilines is 1. The zero-order valence-corrected chi connectivity index (χ0v) is 32.5. The maximum absolute atomic E-state index is 13.5. The van der Waals surface area contributed by atoms with Crippen molar-refractivity contribution in [1.82, 2.24) is 25.5 Å². The summed E-state index contributed by atoms with van der Waals surface area (Å²) in [6.45, 7) is 24.8. The number of hydrogen-bond donors (Lipinski definition) is 4. The van der Waals surface area contributed by atoms with Crippen molar-refractivity contribution in [3.63, 3.8) is 0 Å². The second-order valence-corrected chi connectivity index (χ2v) is 19.0. The number of nitrogens with zero attached hydrogens (tertiary/aromatic N) is 4. The number of tetrazole rings is 1. The number of nitrogens with two attached hydrogens (primary N) is 1. The fourth-order valence-corrected chi connectivity index (χ4v) is 12.5. The zero-order chi connectivity index (χ0) is 36.7. The molecule has 1 aromatic heterocycles. The first-order valence-electron chi connectivity index (χ1n) is 19.4. The van der Waals surface area contributed by atoms with Crippen LogP contribution < -0.4 is 11.1 Å². The fraction of sp³-hybridized carbons (Fsp3) is 0.897. The first kappa shape index (κ1) is 37.7. The molecule has 0 amide bonds. The average molecular weight is 699 g/mol. The molecule has 3 saturated carbocycles. The molecule has 0 radical (unpaired) electrons. The number of carboxylic acid groups (broad SMARTS) is 1. The Kier molecular flexibility index (Phi) is 9.64. The van der Waals surface area contributed by atoms with Gasteiger partial charge in [-0.15, -0.1) is 5.10 Å². The number of allylic oxidation sites excluding steroid dienone is 1. The van der Waals surface area contributed by atoms with Gasteiger partial charge in [0.1, 0.15) is 6.04 Å². The van der Waals surface area contributed by atoms with Crippen LogP contribution in [0.2, 0.25) is 0 Å². The molecule has 1 aromatic rings. The number of fused-ring (bicyclic) bond motifs is 3. The highest BCUT2D eigenvalue weighted by molar-refractivity contribution is 5.73. The van der Waals surface area contributed by atoms with E-state index in [1.165, 1.54) is 5.57 Å². The lowest BCUT2D eigenvalue weighted by Crippen LogP contribution is -2.69. The third-order valence-electron chi connectivity index (χ3n) is 16.3. The average Bonchev–Trinajstić information content (AvgIpc) is 3.48. The highest BCUT2D eigenvalue weighted by Gasteiger charge is 2.72. The number of aliphatic hydroxyl groups is 1. The number of aliphatic carboxylic acids is 1. The molecular formula is C39H66N6O5. The van der Waals surface area contributed by atoms with Gasteiger partial charge in [0.2, 0.25) is 0 Å². The number of nitrogens with one attached hydrogen (secondary N) is 1. The van der Waals surface area contributed by atoms with Crippen molar-refractivity contribution in [1.29, 1.82) is 0 Å². The van der Waals surface area contributed by atoms with Gasteiger partial charge >= 0.3 is 5.97 Å². The van der Waals surface area contributed by atoms with Crippen LogP contribution in [-0.4, -0.2) is 81.0 Å². The Morgan fingerprint density at radius 2 is 1.86 bits per heavy atom. The second-order valence-electron chi connectivity index (χ2n) is 19.0. The normalized spacial score (nSPS) is 43.0. The van der Waals surface area contributed by atoms with Gasteiger partial charge in [0, 0.05) is 22.9 Å². The van der Waals surface area contributed by atoms with Gasteiger partial charge in [0.05, 0.1) is 38.4 Å². The molecule has 4 aliphatic carbocycles. The van der Waals surface area contributed by atoms with E-state index < -0.39 is 11.9 Å². The number of carboxylic acids is 1. The maximum atomic E-state index is 13.5. The van der Waals surface area contributed by atoms with Crippen molar-refractivity contribution in [3.8, 4) is 0 Å². The van der Waals surface area contributed by atoms with Crippen LogP contribution in [0.3, 0.4) is 0 Å².